The highest BCUT2D eigenvalue weighted by molar-refractivity contribution is 5.85. The van der Waals surface area contributed by atoms with E-state index in [1.165, 1.54) is 0 Å². The van der Waals surface area contributed by atoms with Gasteiger partial charge in [0.25, 0.3) is 0 Å². The number of carbonyl (C=O) groups excluding carboxylic acids is 1. The lowest BCUT2D eigenvalue weighted by Gasteiger charge is -2.35. The number of carbonyl (C=O) groups is 1. The van der Waals surface area contributed by atoms with Crippen molar-refractivity contribution in [3.63, 3.8) is 0 Å². The highest BCUT2D eigenvalue weighted by Gasteiger charge is 2.42. The average molecular weight is 270 g/mol. The molecule has 1 heterocycles. The number of halogens is 1. The van der Waals surface area contributed by atoms with E-state index >= 15 is 0 Å². The third-order valence-corrected chi connectivity index (χ3v) is 3.45. The first-order chi connectivity index (χ1) is 8.29. The van der Waals surface area contributed by atoms with Crippen LogP contribution >= 0.6 is 12.4 Å². The molecule has 0 unspecified atom stereocenters. The van der Waals surface area contributed by atoms with Gasteiger partial charge in [-0.3, -0.25) is 4.79 Å². The van der Waals surface area contributed by atoms with Gasteiger partial charge in [0, 0.05) is 0 Å². The smallest absolute Gasteiger partial charge is 0.316 e. The van der Waals surface area contributed by atoms with Crippen molar-refractivity contribution in [2.75, 3.05) is 19.7 Å². The summed E-state index contributed by atoms with van der Waals surface area (Å²) in [7, 11) is 0. The predicted octanol–water partition coefficient (Wildman–Crippen LogP) is 2.29. The molecule has 0 aromatic heterocycles. The van der Waals surface area contributed by atoms with Crippen LogP contribution < -0.4 is 5.32 Å². The summed E-state index contributed by atoms with van der Waals surface area (Å²) in [5.41, 5.74) is 0.641. The molecule has 3 nitrogen and oxygen atoms in total. The molecule has 18 heavy (non-hydrogen) atoms. The number of piperidine rings is 1. The third kappa shape index (κ3) is 2.85. The summed E-state index contributed by atoms with van der Waals surface area (Å²) in [5, 5.41) is 3.30. The first-order valence-electron chi connectivity index (χ1n) is 6.23. The zero-order chi connectivity index (χ0) is 12.1. The molecule has 0 spiro atoms. The molecule has 0 saturated carbocycles. The van der Waals surface area contributed by atoms with Gasteiger partial charge in [0.05, 0.1) is 12.0 Å². The van der Waals surface area contributed by atoms with Crippen molar-refractivity contribution in [1.82, 2.24) is 5.32 Å². The van der Waals surface area contributed by atoms with Gasteiger partial charge in [-0.1, -0.05) is 30.3 Å². The fourth-order valence-corrected chi connectivity index (χ4v) is 2.49. The molecule has 0 aliphatic carbocycles. The summed E-state index contributed by atoms with van der Waals surface area (Å²) in [6.45, 7) is 4.04. The Kier molecular flexibility index (Phi) is 5.63. The highest BCUT2D eigenvalue weighted by atomic mass is 35.5. The minimum atomic E-state index is -0.442. The second-order valence-electron chi connectivity index (χ2n) is 4.42. The van der Waals surface area contributed by atoms with E-state index in [0.29, 0.717) is 6.61 Å². The predicted molar refractivity (Wildman–Crippen MR) is 74.1 cm³/mol. The van der Waals surface area contributed by atoms with Gasteiger partial charge in [0.15, 0.2) is 0 Å². The molecule has 1 N–H and O–H groups in total. The fourth-order valence-electron chi connectivity index (χ4n) is 2.49. The number of rotatable bonds is 3. The van der Waals surface area contributed by atoms with Crippen LogP contribution in [0.25, 0.3) is 0 Å². The number of ether oxygens (including phenoxy) is 1. The molecular weight excluding hydrogens is 250 g/mol. The lowest BCUT2D eigenvalue weighted by molar-refractivity contribution is -0.151. The minimum absolute atomic E-state index is 0. The van der Waals surface area contributed by atoms with Gasteiger partial charge in [-0.15, -0.1) is 12.4 Å². The van der Waals surface area contributed by atoms with Gasteiger partial charge in [-0.05, 0) is 38.4 Å². The summed E-state index contributed by atoms with van der Waals surface area (Å²) in [4.78, 5) is 12.3. The Morgan fingerprint density at radius 2 is 1.89 bits per heavy atom. The molecule has 2 rings (SSSR count). The van der Waals surface area contributed by atoms with Gasteiger partial charge in [-0.2, -0.15) is 0 Å². The highest BCUT2D eigenvalue weighted by Crippen LogP contribution is 2.34. The Morgan fingerprint density at radius 1 is 1.28 bits per heavy atom. The lowest BCUT2D eigenvalue weighted by atomic mass is 9.73. The van der Waals surface area contributed by atoms with Gasteiger partial charge in [0.1, 0.15) is 0 Å². The Balaban J connectivity index is 0.00000162. The molecule has 100 valence electrons. The molecule has 0 radical (unpaired) electrons. The van der Waals surface area contributed by atoms with Crippen LogP contribution in [-0.4, -0.2) is 25.7 Å². The molecule has 1 aliphatic heterocycles. The molecule has 1 saturated heterocycles. The van der Waals surface area contributed by atoms with Crippen molar-refractivity contribution in [1.29, 1.82) is 0 Å². The van der Waals surface area contributed by atoms with Crippen molar-refractivity contribution < 1.29 is 9.53 Å². The second kappa shape index (κ2) is 6.76. The molecule has 1 aromatic carbocycles. The maximum Gasteiger partial charge on any atom is 0.316 e. The Bertz CT molecular complexity index is 375. The fraction of sp³-hybridized carbons (Fsp3) is 0.500. The van der Waals surface area contributed by atoms with Gasteiger partial charge >= 0.3 is 5.97 Å². The van der Waals surface area contributed by atoms with Crippen LogP contribution in [0.5, 0.6) is 0 Å². The number of hydrogen-bond donors (Lipinski definition) is 1. The Labute approximate surface area is 114 Å². The van der Waals surface area contributed by atoms with Crippen LogP contribution in [0, 0.1) is 0 Å². The van der Waals surface area contributed by atoms with Gasteiger partial charge < -0.3 is 10.1 Å². The van der Waals surface area contributed by atoms with Crippen LogP contribution in [-0.2, 0) is 14.9 Å². The third-order valence-electron chi connectivity index (χ3n) is 3.45. The van der Waals surface area contributed by atoms with E-state index in [1.54, 1.807) is 0 Å². The Morgan fingerprint density at radius 3 is 2.44 bits per heavy atom. The van der Waals surface area contributed by atoms with Crippen molar-refractivity contribution in [3.05, 3.63) is 35.9 Å². The molecule has 1 aromatic rings. The van der Waals surface area contributed by atoms with Gasteiger partial charge in [-0.25, -0.2) is 0 Å². The molecule has 1 aliphatic rings. The normalized spacial score (nSPS) is 17.6. The zero-order valence-electron chi connectivity index (χ0n) is 10.6. The molecule has 4 heteroatoms. The molecule has 1 fully saturated rings. The van der Waals surface area contributed by atoms with E-state index < -0.39 is 5.41 Å². The van der Waals surface area contributed by atoms with E-state index in [9.17, 15) is 4.79 Å². The van der Waals surface area contributed by atoms with Gasteiger partial charge in [0.2, 0.25) is 0 Å². The molecular formula is C14H20ClNO2. The van der Waals surface area contributed by atoms with Crippen molar-refractivity contribution in [2.45, 2.75) is 25.2 Å². The van der Waals surface area contributed by atoms with E-state index in [2.05, 4.69) is 5.32 Å². The first kappa shape index (κ1) is 15.0. The largest absolute Gasteiger partial charge is 0.465 e. The number of benzene rings is 1. The van der Waals surface area contributed by atoms with E-state index in [-0.39, 0.29) is 18.4 Å². The maximum absolute atomic E-state index is 12.3. The summed E-state index contributed by atoms with van der Waals surface area (Å²) in [5.74, 6) is -0.0762. The monoisotopic (exact) mass is 269 g/mol. The van der Waals surface area contributed by atoms with Crippen molar-refractivity contribution in [3.8, 4) is 0 Å². The summed E-state index contributed by atoms with van der Waals surface area (Å²) < 4.78 is 5.27. The number of hydrogen-bond acceptors (Lipinski definition) is 3. The van der Waals surface area contributed by atoms with Crippen LogP contribution in [0.15, 0.2) is 30.3 Å². The first-order valence-corrected chi connectivity index (χ1v) is 6.23. The SMILES string of the molecule is CCOC(=O)C1(c2ccccc2)CCNCC1.Cl. The van der Waals surface area contributed by atoms with Crippen LogP contribution in [0.2, 0.25) is 0 Å². The summed E-state index contributed by atoms with van der Waals surface area (Å²) >= 11 is 0. The van der Waals surface area contributed by atoms with Crippen LogP contribution in [0.4, 0.5) is 0 Å². The Hall–Kier alpha value is -1.06. The van der Waals surface area contributed by atoms with Crippen LogP contribution in [0.1, 0.15) is 25.3 Å². The molecule has 0 atom stereocenters. The van der Waals surface area contributed by atoms with Crippen LogP contribution in [0.3, 0.4) is 0 Å². The van der Waals surface area contributed by atoms with Crippen molar-refractivity contribution >= 4 is 18.4 Å². The number of nitrogens with one attached hydrogen (secondary N) is 1. The molecule has 0 amide bonds. The summed E-state index contributed by atoms with van der Waals surface area (Å²) in [6, 6.07) is 10.0. The van der Waals surface area contributed by atoms with E-state index in [1.807, 2.05) is 37.3 Å². The summed E-state index contributed by atoms with van der Waals surface area (Å²) in [6.07, 6.45) is 1.63. The maximum atomic E-state index is 12.3. The zero-order valence-corrected chi connectivity index (χ0v) is 11.5. The number of esters is 1. The van der Waals surface area contributed by atoms with E-state index in [4.69, 9.17) is 4.74 Å². The molecule has 0 bridgehead atoms. The quantitative estimate of drug-likeness (QED) is 0.856. The topological polar surface area (TPSA) is 38.3 Å². The standard InChI is InChI=1S/C14H19NO2.ClH/c1-2-17-13(16)14(8-10-15-11-9-14)12-6-4-3-5-7-12;/h3-7,15H,2,8-11H2,1H3;1H. The average Bonchev–Trinajstić information content (AvgIpc) is 2.41. The second-order valence-corrected chi connectivity index (χ2v) is 4.42. The lowest BCUT2D eigenvalue weighted by Crippen LogP contribution is -2.46. The van der Waals surface area contributed by atoms with Crippen molar-refractivity contribution in [2.24, 2.45) is 0 Å². The minimum Gasteiger partial charge on any atom is -0.465 e. The van der Waals surface area contributed by atoms with E-state index in [0.717, 1.165) is 31.5 Å².